The number of benzene rings is 2. The zero-order chi connectivity index (χ0) is 24.4. The van der Waals surface area contributed by atoms with Gasteiger partial charge in [-0.1, -0.05) is 128 Å². The van der Waals surface area contributed by atoms with Crippen molar-refractivity contribution in [3.05, 3.63) is 53.8 Å². The Labute approximate surface area is 209 Å². The number of halogens is 1. The Kier molecular flexibility index (Phi) is 14.7. The lowest BCUT2D eigenvalue weighted by Gasteiger charge is -2.10. The molecule has 2 rings (SSSR count). The van der Waals surface area contributed by atoms with E-state index in [9.17, 15) is 4.39 Å². The molecule has 0 heterocycles. The van der Waals surface area contributed by atoms with E-state index in [1.807, 2.05) is 6.07 Å². The summed E-state index contributed by atoms with van der Waals surface area (Å²) in [4.78, 5) is 0. The molecule has 0 saturated heterocycles. The van der Waals surface area contributed by atoms with Gasteiger partial charge in [-0.05, 0) is 54.0 Å². The number of aryl methyl sites for hydroxylation is 1. The molecule has 0 unspecified atom stereocenters. The van der Waals surface area contributed by atoms with Crippen LogP contribution in [0.4, 0.5) is 4.39 Å². The van der Waals surface area contributed by atoms with Gasteiger partial charge >= 0.3 is 0 Å². The molecule has 0 radical (unpaired) electrons. The summed E-state index contributed by atoms with van der Waals surface area (Å²) >= 11 is 0. The molecule has 0 aliphatic carbocycles. The van der Waals surface area contributed by atoms with Crippen molar-refractivity contribution >= 4 is 0 Å². The fraction of sp³-hybridized carbons (Fsp3) is 0.625. The number of unbranched alkanes of at least 4 members (excludes halogenated alkanes) is 10. The molecule has 0 aromatic heterocycles. The lowest BCUT2D eigenvalue weighted by molar-refractivity contribution is 0.289. The first kappa shape index (κ1) is 28.4. The summed E-state index contributed by atoms with van der Waals surface area (Å²) < 4.78 is 20.3. The molecule has 0 fully saturated rings. The Morgan fingerprint density at radius 2 is 1.32 bits per heavy atom. The van der Waals surface area contributed by atoms with Crippen LogP contribution in [0.3, 0.4) is 0 Å². The van der Waals surface area contributed by atoms with Crippen molar-refractivity contribution < 1.29 is 9.13 Å². The predicted molar refractivity (Wildman–Crippen MR) is 146 cm³/mol. The van der Waals surface area contributed by atoms with Crippen LogP contribution < -0.4 is 4.74 Å². The summed E-state index contributed by atoms with van der Waals surface area (Å²) in [5.41, 5.74) is 3.35. The molecule has 1 atom stereocenters. The first-order chi connectivity index (χ1) is 16.6. The van der Waals surface area contributed by atoms with Crippen LogP contribution >= 0.6 is 0 Å². The Balaban J connectivity index is 1.67. The van der Waals surface area contributed by atoms with E-state index in [-0.39, 0.29) is 5.82 Å². The molecule has 2 aromatic carbocycles. The molecule has 0 spiro atoms. The highest BCUT2D eigenvalue weighted by atomic mass is 19.1. The molecular weight excluding hydrogens is 419 g/mol. The SMILES string of the molecule is CCCCCCCCCCc1ccc(-c2ccc(OCCCCCC[C@@H](C)CC)c(F)c2)cc1. The van der Waals surface area contributed by atoms with Gasteiger partial charge in [-0.3, -0.25) is 0 Å². The minimum Gasteiger partial charge on any atom is -0.491 e. The first-order valence-electron chi connectivity index (χ1n) is 14.2. The molecular formula is C32H49FO. The van der Waals surface area contributed by atoms with Crippen LogP contribution in [0.25, 0.3) is 11.1 Å². The van der Waals surface area contributed by atoms with Crippen LogP contribution in [-0.4, -0.2) is 6.61 Å². The topological polar surface area (TPSA) is 9.23 Å². The van der Waals surface area contributed by atoms with E-state index in [4.69, 9.17) is 4.74 Å². The molecule has 0 aliphatic rings. The highest BCUT2D eigenvalue weighted by Crippen LogP contribution is 2.26. The average Bonchev–Trinajstić information content (AvgIpc) is 2.86. The van der Waals surface area contributed by atoms with E-state index in [1.54, 1.807) is 12.1 Å². The van der Waals surface area contributed by atoms with E-state index < -0.39 is 0 Å². The minimum atomic E-state index is -0.266. The van der Waals surface area contributed by atoms with Crippen molar-refractivity contribution in [3.63, 3.8) is 0 Å². The van der Waals surface area contributed by atoms with Crippen molar-refractivity contribution in [2.45, 2.75) is 117 Å². The van der Waals surface area contributed by atoms with E-state index in [0.29, 0.717) is 12.4 Å². The Morgan fingerprint density at radius 3 is 2.00 bits per heavy atom. The Bertz CT molecular complexity index is 767. The molecule has 0 bridgehead atoms. The molecule has 34 heavy (non-hydrogen) atoms. The standard InChI is InChI=1S/C32H49FO/c1-4-6-7-8-9-10-11-15-18-28-19-21-29(22-20-28)30-23-24-32(31(33)26-30)34-25-16-13-12-14-17-27(3)5-2/h19-24,26-27H,4-18,25H2,1-3H3/t27-/m0/s1. The van der Waals surface area contributed by atoms with Gasteiger partial charge in [0.2, 0.25) is 0 Å². The fourth-order valence-corrected chi connectivity index (χ4v) is 4.46. The van der Waals surface area contributed by atoms with Gasteiger partial charge in [0, 0.05) is 0 Å². The monoisotopic (exact) mass is 468 g/mol. The van der Waals surface area contributed by atoms with Gasteiger partial charge in [-0.15, -0.1) is 0 Å². The van der Waals surface area contributed by atoms with Gasteiger partial charge < -0.3 is 4.74 Å². The van der Waals surface area contributed by atoms with Crippen LogP contribution in [0.2, 0.25) is 0 Å². The van der Waals surface area contributed by atoms with Gasteiger partial charge in [0.1, 0.15) is 0 Å². The number of hydrogen-bond donors (Lipinski definition) is 0. The summed E-state index contributed by atoms with van der Waals surface area (Å²) in [5, 5.41) is 0. The van der Waals surface area contributed by atoms with Crippen LogP contribution in [-0.2, 0) is 6.42 Å². The largest absolute Gasteiger partial charge is 0.491 e. The molecule has 0 saturated carbocycles. The average molecular weight is 469 g/mol. The van der Waals surface area contributed by atoms with Crippen molar-refractivity contribution in [1.29, 1.82) is 0 Å². The predicted octanol–water partition coefficient (Wildman–Crippen LogP) is 10.6. The van der Waals surface area contributed by atoms with E-state index in [1.165, 1.54) is 82.6 Å². The highest BCUT2D eigenvalue weighted by molar-refractivity contribution is 5.64. The smallest absolute Gasteiger partial charge is 0.165 e. The van der Waals surface area contributed by atoms with Gasteiger partial charge in [0.25, 0.3) is 0 Å². The van der Waals surface area contributed by atoms with Crippen molar-refractivity contribution in [3.8, 4) is 16.9 Å². The second-order valence-electron chi connectivity index (χ2n) is 10.1. The third-order valence-electron chi connectivity index (χ3n) is 7.08. The number of hydrogen-bond acceptors (Lipinski definition) is 1. The summed E-state index contributed by atoms with van der Waals surface area (Å²) in [6.45, 7) is 7.44. The molecule has 190 valence electrons. The van der Waals surface area contributed by atoms with Crippen molar-refractivity contribution in [1.82, 2.24) is 0 Å². The van der Waals surface area contributed by atoms with Crippen LogP contribution in [0, 0.1) is 11.7 Å². The van der Waals surface area contributed by atoms with E-state index >= 15 is 0 Å². The van der Waals surface area contributed by atoms with Gasteiger partial charge in [-0.25, -0.2) is 4.39 Å². The summed E-state index contributed by atoms with van der Waals surface area (Å²) in [5.74, 6) is 0.932. The fourth-order valence-electron chi connectivity index (χ4n) is 4.46. The van der Waals surface area contributed by atoms with Gasteiger partial charge in [0.05, 0.1) is 6.61 Å². The van der Waals surface area contributed by atoms with Crippen LogP contribution in [0.15, 0.2) is 42.5 Å². The van der Waals surface area contributed by atoms with E-state index in [0.717, 1.165) is 36.3 Å². The highest BCUT2D eigenvalue weighted by Gasteiger charge is 2.07. The van der Waals surface area contributed by atoms with Gasteiger partial charge in [0.15, 0.2) is 11.6 Å². The van der Waals surface area contributed by atoms with Crippen molar-refractivity contribution in [2.75, 3.05) is 6.61 Å². The van der Waals surface area contributed by atoms with Crippen LogP contribution in [0.1, 0.15) is 116 Å². The maximum atomic E-state index is 14.6. The maximum Gasteiger partial charge on any atom is 0.165 e. The second kappa shape index (κ2) is 17.6. The molecule has 2 heteroatoms. The van der Waals surface area contributed by atoms with E-state index in [2.05, 4.69) is 45.0 Å². The normalized spacial score (nSPS) is 12.1. The molecule has 0 amide bonds. The molecule has 0 aliphatic heterocycles. The Morgan fingerprint density at radius 1 is 0.706 bits per heavy atom. The molecule has 0 N–H and O–H groups in total. The number of rotatable bonds is 19. The second-order valence-corrected chi connectivity index (χ2v) is 10.1. The molecule has 1 nitrogen and oxygen atoms in total. The minimum absolute atomic E-state index is 0.266. The lowest BCUT2D eigenvalue weighted by atomic mass is 10.0. The third-order valence-corrected chi connectivity index (χ3v) is 7.08. The van der Waals surface area contributed by atoms with Crippen LogP contribution in [0.5, 0.6) is 5.75 Å². The number of ether oxygens (including phenoxy) is 1. The zero-order valence-electron chi connectivity index (χ0n) is 22.2. The summed E-state index contributed by atoms with van der Waals surface area (Å²) in [7, 11) is 0. The van der Waals surface area contributed by atoms with Crippen molar-refractivity contribution in [2.24, 2.45) is 5.92 Å². The van der Waals surface area contributed by atoms with Gasteiger partial charge in [-0.2, -0.15) is 0 Å². The quantitative estimate of drug-likeness (QED) is 0.186. The maximum absolute atomic E-state index is 14.6. The zero-order valence-corrected chi connectivity index (χ0v) is 22.2. The summed E-state index contributed by atoms with van der Waals surface area (Å²) in [6.07, 6.45) is 19.2. The third kappa shape index (κ3) is 11.5. The Hall–Kier alpha value is -1.83. The molecule has 2 aromatic rings. The lowest BCUT2D eigenvalue weighted by Crippen LogP contribution is -2.00. The summed E-state index contributed by atoms with van der Waals surface area (Å²) in [6, 6.07) is 14.0. The first-order valence-corrected chi connectivity index (χ1v) is 14.2.